The number of aromatic nitrogens is 3. The van der Waals surface area contributed by atoms with Crippen molar-refractivity contribution in [3.05, 3.63) is 48.0 Å². The molecule has 8 heteroatoms. The highest BCUT2D eigenvalue weighted by molar-refractivity contribution is 5.94. The van der Waals surface area contributed by atoms with Gasteiger partial charge in [0.2, 0.25) is 5.91 Å². The maximum Gasteiger partial charge on any atom is 0.251 e. The van der Waals surface area contributed by atoms with E-state index in [4.69, 9.17) is 4.74 Å². The van der Waals surface area contributed by atoms with Crippen molar-refractivity contribution in [2.24, 2.45) is 0 Å². The number of nitrogens with one attached hydrogen (secondary N) is 2. The predicted molar refractivity (Wildman–Crippen MR) is 98.9 cm³/mol. The van der Waals surface area contributed by atoms with Crippen LogP contribution in [-0.4, -0.2) is 45.8 Å². The molecule has 1 aliphatic rings. The highest BCUT2D eigenvalue weighted by Crippen LogP contribution is 2.11. The van der Waals surface area contributed by atoms with Crippen LogP contribution in [0, 0.1) is 0 Å². The zero-order valence-electron chi connectivity index (χ0n) is 15.3. The summed E-state index contributed by atoms with van der Waals surface area (Å²) in [6.07, 6.45) is 6.38. The van der Waals surface area contributed by atoms with Crippen molar-refractivity contribution in [3.63, 3.8) is 0 Å². The van der Waals surface area contributed by atoms with Crippen LogP contribution in [0.4, 0.5) is 0 Å². The van der Waals surface area contributed by atoms with Gasteiger partial charge in [-0.2, -0.15) is 5.10 Å². The second kappa shape index (κ2) is 9.82. The molecule has 0 aliphatic carbocycles. The number of aryl methyl sites for hydroxylation is 1. The van der Waals surface area contributed by atoms with Crippen LogP contribution < -0.4 is 10.6 Å². The molecule has 2 N–H and O–H groups in total. The van der Waals surface area contributed by atoms with Crippen molar-refractivity contribution in [1.82, 2.24) is 25.4 Å². The van der Waals surface area contributed by atoms with Gasteiger partial charge in [0, 0.05) is 38.2 Å². The van der Waals surface area contributed by atoms with Gasteiger partial charge < -0.3 is 15.4 Å². The van der Waals surface area contributed by atoms with E-state index in [0.29, 0.717) is 38.0 Å². The molecule has 3 rings (SSSR count). The first-order chi connectivity index (χ1) is 13.2. The van der Waals surface area contributed by atoms with Crippen LogP contribution in [0.1, 0.15) is 41.6 Å². The fraction of sp³-hybridized carbons (Fsp3) is 0.474. The van der Waals surface area contributed by atoms with Gasteiger partial charge in [-0.3, -0.25) is 14.3 Å². The van der Waals surface area contributed by atoms with E-state index in [1.165, 1.54) is 6.33 Å². The minimum atomic E-state index is -0.119. The minimum absolute atomic E-state index is 0.0247. The van der Waals surface area contributed by atoms with Crippen LogP contribution in [0.3, 0.4) is 0 Å². The number of hydrogen-bond donors (Lipinski definition) is 2. The lowest BCUT2D eigenvalue weighted by Gasteiger charge is -2.11. The first kappa shape index (κ1) is 19.0. The van der Waals surface area contributed by atoms with Crippen LogP contribution in [0.5, 0.6) is 0 Å². The van der Waals surface area contributed by atoms with Gasteiger partial charge in [-0.05, 0) is 37.0 Å². The van der Waals surface area contributed by atoms with Crippen molar-refractivity contribution >= 4 is 11.8 Å². The van der Waals surface area contributed by atoms with Crippen molar-refractivity contribution < 1.29 is 14.3 Å². The SMILES string of the molecule is O=C(CCCn1cncn1)NCc1cccc(C(=O)NCC2CCCO2)c1. The highest BCUT2D eigenvalue weighted by atomic mass is 16.5. The Morgan fingerprint density at radius 3 is 3.00 bits per heavy atom. The molecular weight excluding hydrogens is 346 g/mol. The van der Waals surface area contributed by atoms with E-state index in [1.54, 1.807) is 23.1 Å². The van der Waals surface area contributed by atoms with Crippen LogP contribution in [0.25, 0.3) is 0 Å². The van der Waals surface area contributed by atoms with Crippen LogP contribution in [-0.2, 0) is 22.6 Å². The second-order valence-electron chi connectivity index (χ2n) is 6.58. The third kappa shape index (κ3) is 6.18. The summed E-state index contributed by atoms with van der Waals surface area (Å²) in [5.41, 5.74) is 1.48. The van der Waals surface area contributed by atoms with Gasteiger partial charge in [-0.1, -0.05) is 12.1 Å². The molecule has 8 nitrogen and oxygen atoms in total. The molecule has 1 unspecified atom stereocenters. The van der Waals surface area contributed by atoms with Gasteiger partial charge in [-0.15, -0.1) is 0 Å². The fourth-order valence-corrected chi connectivity index (χ4v) is 2.98. The average Bonchev–Trinajstić information content (AvgIpc) is 3.39. The maximum absolute atomic E-state index is 12.3. The summed E-state index contributed by atoms with van der Waals surface area (Å²) in [6.45, 7) is 2.36. The zero-order chi connectivity index (χ0) is 18.9. The van der Waals surface area contributed by atoms with Gasteiger partial charge in [0.15, 0.2) is 0 Å². The molecule has 2 aromatic rings. The van der Waals surface area contributed by atoms with Crippen LogP contribution in [0.15, 0.2) is 36.9 Å². The molecule has 2 heterocycles. The summed E-state index contributed by atoms with van der Waals surface area (Å²) in [7, 11) is 0. The summed E-state index contributed by atoms with van der Waals surface area (Å²) in [6, 6.07) is 7.30. The van der Waals surface area contributed by atoms with Gasteiger partial charge in [-0.25, -0.2) is 4.98 Å². The lowest BCUT2D eigenvalue weighted by molar-refractivity contribution is -0.121. The highest BCUT2D eigenvalue weighted by Gasteiger charge is 2.16. The second-order valence-corrected chi connectivity index (χ2v) is 6.58. The average molecular weight is 371 g/mol. The molecular formula is C19H25N5O3. The van der Waals surface area contributed by atoms with E-state index in [9.17, 15) is 9.59 Å². The Balaban J connectivity index is 1.39. The smallest absolute Gasteiger partial charge is 0.251 e. The van der Waals surface area contributed by atoms with E-state index < -0.39 is 0 Å². The topological polar surface area (TPSA) is 98.1 Å². The molecule has 0 bridgehead atoms. The monoisotopic (exact) mass is 371 g/mol. The van der Waals surface area contributed by atoms with E-state index in [-0.39, 0.29) is 17.9 Å². The molecule has 0 spiro atoms. The fourth-order valence-electron chi connectivity index (χ4n) is 2.98. The Kier molecular flexibility index (Phi) is 6.92. The number of ether oxygens (including phenoxy) is 1. The lowest BCUT2D eigenvalue weighted by atomic mass is 10.1. The van der Waals surface area contributed by atoms with E-state index >= 15 is 0 Å². The molecule has 0 radical (unpaired) electrons. The largest absolute Gasteiger partial charge is 0.376 e. The number of amides is 2. The lowest BCUT2D eigenvalue weighted by Crippen LogP contribution is -2.31. The molecule has 1 aliphatic heterocycles. The van der Waals surface area contributed by atoms with Gasteiger partial charge >= 0.3 is 0 Å². The zero-order valence-corrected chi connectivity index (χ0v) is 15.3. The molecule has 2 amide bonds. The van der Waals surface area contributed by atoms with Crippen molar-refractivity contribution in [3.8, 4) is 0 Å². The van der Waals surface area contributed by atoms with E-state index in [2.05, 4.69) is 20.7 Å². The normalized spacial score (nSPS) is 16.2. The number of rotatable bonds is 9. The van der Waals surface area contributed by atoms with Gasteiger partial charge in [0.25, 0.3) is 5.91 Å². The minimum Gasteiger partial charge on any atom is -0.376 e. The van der Waals surface area contributed by atoms with Crippen LogP contribution in [0.2, 0.25) is 0 Å². The molecule has 27 heavy (non-hydrogen) atoms. The summed E-state index contributed by atoms with van der Waals surface area (Å²) in [5, 5.41) is 9.80. The van der Waals surface area contributed by atoms with Crippen LogP contribution >= 0.6 is 0 Å². The number of benzene rings is 1. The van der Waals surface area contributed by atoms with E-state index in [0.717, 1.165) is 25.0 Å². The third-order valence-corrected chi connectivity index (χ3v) is 4.45. The Hall–Kier alpha value is -2.74. The van der Waals surface area contributed by atoms with Crippen molar-refractivity contribution in [1.29, 1.82) is 0 Å². The number of nitrogens with zero attached hydrogens (tertiary/aromatic N) is 3. The standard InChI is InChI=1S/C19H25N5O3/c25-18(7-2-8-24-14-20-13-23-24)21-11-15-4-1-5-16(10-15)19(26)22-12-17-6-3-9-27-17/h1,4-5,10,13-14,17H,2-3,6-9,11-12H2,(H,21,25)(H,22,26). The molecule has 1 aromatic carbocycles. The summed E-state index contributed by atoms with van der Waals surface area (Å²) >= 11 is 0. The molecule has 1 atom stereocenters. The molecule has 144 valence electrons. The van der Waals surface area contributed by atoms with Crippen molar-refractivity contribution in [2.75, 3.05) is 13.2 Å². The third-order valence-electron chi connectivity index (χ3n) is 4.45. The Morgan fingerprint density at radius 1 is 1.30 bits per heavy atom. The van der Waals surface area contributed by atoms with E-state index in [1.807, 2.05) is 12.1 Å². The quantitative estimate of drug-likeness (QED) is 0.692. The Morgan fingerprint density at radius 2 is 2.22 bits per heavy atom. The maximum atomic E-state index is 12.3. The predicted octanol–water partition coefficient (Wildman–Crippen LogP) is 1.28. The molecule has 0 saturated carbocycles. The Bertz CT molecular complexity index is 742. The molecule has 1 saturated heterocycles. The first-order valence-electron chi connectivity index (χ1n) is 9.28. The summed E-state index contributed by atoms with van der Waals surface area (Å²) in [4.78, 5) is 28.1. The molecule has 1 fully saturated rings. The number of hydrogen-bond acceptors (Lipinski definition) is 5. The van der Waals surface area contributed by atoms with Gasteiger partial charge in [0.1, 0.15) is 12.7 Å². The number of carbonyl (C=O) groups excluding carboxylic acids is 2. The first-order valence-corrected chi connectivity index (χ1v) is 9.28. The van der Waals surface area contributed by atoms with Gasteiger partial charge in [0.05, 0.1) is 6.10 Å². The number of carbonyl (C=O) groups is 2. The summed E-state index contributed by atoms with van der Waals surface area (Å²) in [5.74, 6) is -0.144. The summed E-state index contributed by atoms with van der Waals surface area (Å²) < 4.78 is 7.21. The molecule has 1 aromatic heterocycles. The van der Waals surface area contributed by atoms with Crippen molar-refractivity contribution in [2.45, 2.75) is 44.9 Å². The Labute approximate surface area is 158 Å².